The Morgan fingerprint density at radius 1 is 0.949 bits per heavy atom. The van der Waals surface area contributed by atoms with Gasteiger partial charge in [-0.1, -0.05) is 0 Å². The Hall–Kier alpha value is -4.12. The van der Waals surface area contributed by atoms with Crippen molar-refractivity contribution in [2.45, 2.75) is 36.4 Å². The van der Waals surface area contributed by atoms with E-state index >= 15 is 0 Å². The second-order valence-corrected chi connectivity index (χ2v) is 11.7. The van der Waals surface area contributed by atoms with Crippen LogP contribution in [-0.4, -0.2) is 72.1 Å². The minimum atomic E-state index is -0.493. The number of fused-ring (bicyclic) bond motifs is 2. The summed E-state index contributed by atoms with van der Waals surface area (Å²) in [5.41, 5.74) is 4.37. The second kappa shape index (κ2) is 9.88. The number of carbonyl (C=O) groups is 1. The van der Waals surface area contributed by atoms with E-state index in [1.807, 2.05) is 75.2 Å². The number of pyridine rings is 2. The van der Waals surface area contributed by atoms with Crippen molar-refractivity contribution >= 4 is 40.1 Å². The lowest BCUT2D eigenvalue weighted by Gasteiger charge is -2.36. The van der Waals surface area contributed by atoms with E-state index in [4.69, 9.17) is 9.72 Å². The quantitative estimate of drug-likeness (QED) is 0.317. The summed E-state index contributed by atoms with van der Waals surface area (Å²) in [5, 5.41) is 14.9. The van der Waals surface area contributed by atoms with Gasteiger partial charge in [-0.25, -0.2) is 4.79 Å². The minimum Gasteiger partial charge on any atom is -0.444 e. The van der Waals surface area contributed by atoms with E-state index in [2.05, 4.69) is 38.4 Å². The van der Waals surface area contributed by atoms with Gasteiger partial charge in [-0.3, -0.25) is 14.1 Å². The number of rotatable bonds is 4. The number of hydrogen-bond donors (Lipinski definition) is 0. The highest BCUT2D eigenvalue weighted by molar-refractivity contribution is 7.99. The maximum atomic E-state index is 12.4. The third-order valence-corrected chi connectivity index (χ3v) is 7.50. The van der Waals surface area contributed by atoms with Gasteiger partial charge >= 0.3 is 6.09 Å². The van der Waals surface area contributed by atoms with Crippen LogP contribution in [0.15, 0.2) is 71.2 Å². The lowest BCUT2D eigenvalue weighted by molar-refractivity contribution is 0.0240. The number of benzene rings is 1. The molecule has 0 radical (unpaired) electrons. The highest BCUT2D eigenvalue weighted by Gasteiger charge is 2.26. The van der Waals surface area contributed by atoms with E-state index in [0.717, 1.165) is 56.5 Å². The fourth-order valence-corrected chi connectivity index (χ4v) is 5.45. The molecule has 200 valence electrons. The summed E-state index contributed by atoms with van der Waals surface area (Å²) < 4.78 is 9.33. The first-order valence-electron chi connectivity index (χ1n) is 12.9. The van der Waals surface area contributed by atoms with Gasteiger partial charge in [0.25, 0.3) is 0 Å². The molecule has 1 amide bonds. The Morgan fingerprint density at radius 3 is 2.51 bits per heavy atom. The summed E-state index contributed by atoms with van der Waals surface area (Å²) in [4.78, 5) is 22.2. The van der Waals surface area contributed by atoms with E-state index in [9.17, 15) is 4.79 Å². The average Bonchev–Trinajstić information content (AvgIpc) is 3.53. The fourth-order valence-electron chi connectivity index (χ4n) is 4.59. The van der Waals surface area contributed by atoms with Crippen molar-refractivity contribution in [1.82, 2.24) is 34.3 Å². The number of carbonyl (C=O) groups excluding carboxylic acids is 1. The van der Waals surface area contributed by atoms with E-state index in [1.165, 1.54) is 0 Å². The van der Waals surface area contributed by atoms with Crippen LogP contribution >= 0.6 is 11.8 Å². The van der Waals surface area contributed by atoms with Crippen molar-refractivity contribution in [3.05, 3.63) is 61.2 Å². The second-order valence-electron chi connectivity index (χ2n) is 10.6. The molecular formula is C28H30N8O2S. The summed E-state index contributed by atoms with van der Waals surface area (Å²) in [5.74, 6) is 0. The molecule has 1 aromatic carbocycles. The highest BCUT2D eigenvalue weighted by atomic mass is 32.2. The van der Waals surface area contributed by atoms with Gasteiger partial charge in [-0.2, -0.15) is 5.10 Å². The number of amides is 1. The van der Waals surface area contributed by atoms with Gasteiger partial charge in [0.1, 0.15) is 5.60 Å². The first kappa shape index (κ1) is 25.2. The van der Waals surface area contributed by atoms with Crippen LogP contribution in [0.2, 0.25) is 0 Å². The third kappa shape index (κ3) is 5.40. The molecule has 0 saturated carbocycles. The summed E-state index contributed by atoms with van der Waals surface area (Å²) in [6.45, 7) is 8.35. The fraction of sp³-hybridized carbons (Fsp3) is 0.321. The molecule has 1 aliphatic heterocycles. The number of aryl methyl sites for hydroxylation is 1. The monoisotopic (exact) mass is 542 g/mol. The lowest BCUT2D eigenvalue weighted by Crippen LogP contribution is -2.50. The van der Waals surface area contributed by atoms with Gasteiger partial charge < -0.3 is 14.5 Å². The van der Waals surface area contributed by atoms with Crippen LogP contribution in [-0.2, 0) is 11.8 Å². The number of piperazine rings is 1. The number of hydrogen-bond acceptors (Lipinski definition) is 8. The van der Waals surface area contributed by atoms with Gasteiger partial charge in [0, 0.05) is 67.0 Å². The Bertz CT molecular complexity index is 1660. The normalized spacial score (nSPS) is 14.4. The van der Waals surface area contributed by atoms with Crippen molar-refractivity contribution in [3.63, 3.8) is 0 Å². The molecule has 0 N–H and O–H groups in total. The summed E-state index contributed by atoms with van der Waals surface area (Å²) in [7, 11) is 1.91. The molecule has 1 aliphatic rings. The Kier molecular flexibility index (Phi) is 6.38. The van der Waals surface area contributed by atoms with E-state index in [1.54, 1.807) is 21.3 Å². The molecule has 10 nitrogen and oxygen atoms in total. The average molecular weight is 543 g/mol. The van der Waals surface area contributed by atoms with E-state index < -0.39 is 5.60 Å². The van der Waals surface area contributed by atoms with Gasteiger partial charge in [-0.15, -0.1) is 10.2 Å². The van der Waals surface area contributed by atoms with Crippen molar-refractivity contribution in [1.29, 1.82) is 0 Å². The Labute approximate surface area is 230 Å². The molecule has 0 atom stereocenters. The largest absolute Gasteiger partial charge is 0.444 e. The molecule has 39 heavy (non-hydrogen) atoms. The van der Waals surface area contributed by atoms with Crippen molar-refractivity contribution in [3.8, 4) is 11.1 Å². The van der Waals surface area contributed by atoms with Gasteiger partial charge in [0.15, 0.2) is 10.8 Å². The molecule has 5 aromatic rings. The number of anilines is 1. The van der Waals surface area contributed by atoms with Crippen LogP contribution < -0.4 is 4.90 Å². The van der Waals surface area contributed by atoms with Crippen LogP contribution in [0.25, 0.3) is 27.7 Å². The zero-order chi connectivity index (χ0) is 27.1. The van der Waals surface area contributed by atoms with Gasteiger partial charge in [0.2, 0.25) is 0 Å². The standard InChI is InChI=1S/C28H30N8O2S/c1-28(2,3)38-27(37)35-11-9-34(10-12-35)22-13-20-14-23(6-7-24(20)29-16-22)39-26-32-31-25-8-5-19(18-36(25)26)21-15-30-33(4)17-21/h5-8,13-18H,9-12H2,1-4H3. The maximum Gasteiger partial charge on any atom is 0.410 e. The summed E-state index contributed by atoms with van der Waals surface area (Å²) >= 11 is 1.57. The summed E-state index contributed by atoms with van der Waals surface area (Å²) in [6.07, 6.45) is 7.54. The predicted molar refractivity (Wildman–Crippen MR) is 151 cm³/mol. The van der Waals surface area contributed by atoms with Gasteiger partial charge in [0.05, 0.1) is 23.6 Å². The summed E-state index contributed by atoms with van der Waals surface area (Å²) in [6, 6.07) is 12.4. The molecule has 11 heteroatoms. The van der Waals surface area contributed by atoms with Crippen LogP contribution in [0.5, 0.6) is 0 Å². The smallest absolute Gasteiger partial charge is 0.410 e. The first-order chi connectivity index (χ1) is 18.7. The minimum absolute atomic E-state index is 0.256. The maximum absolute atomic E-state index is 12.4. The van der Waals surface area contributed by atoms with E-state index in [-0.39, 0.29) is 6.09 Å². The molecule has 0 bridgehead atoms. The van der Waals surface area contributed by atoms with Crippen LogP contribution in [0, 0.1) is 0 Å². The topological polar surface area (TPSA) is 93.7 Å². The predicted octanol–water partition coefficient (Wildman–Crippen LogP) is 4.89. The lowest BCUT2D eigenvalue weighted by atomic mass is 10.2. The van der Waals surface area contributed by atoms with Gasteiger partial charge in [-0.05, 0) is 68.9 Å². The molecule has 0 unspecified atom stereocenters. The first-order valence-corrected chi connectivity index (χ1v) is 13.7. The van der Waals surface area contributed by atoms with Crippen molar-refractivity contribution < 1.29 is 9.53 Å². The molecule has 5 heterocycles. The molecular weight excluding hydrogens is 512 g/mol. The van der Waals surface area contributed by atoms with E-state index in [0.29, 0.717) is 13.1 Å². The third-order valence-electron chi connectivity index (χ3n) is 6.55. The Morgan fingerprint density at radius 2 is 1.77 bits per heavy atom. The number of aromatic nitrogens is 6. The van der Waals surface area contributed by atoms with Crippen molar-refractivity contribution in [2.24, 2.45) is 7.05 Å². The van der Waals surface area contributed by atoms with Crippen LogP contribution in [0.3, 0.4) is 0 Å². The molecule has 4 aromatic heterocycles. The van der Waals surface area contributed by atoms with Crippen LogP contribution in [0.4, 0.5) is 10.5 Å². The zero-order valence-corrected chi connectivity index (χ0v) is 23.2. The molecule has 6 rings (SSSR count). The molecule has 0 aliphatic carbocycles. The number of nitrogens with zero attached hydrogens (tertiary/aromatic N) is 8. The Balaban J connectivity index is 1.20. The highest BCUT2D eigenvalue weighted by Crippen LogP contribution is 2.31. The van der Waals surface area contributed by atoms with Crippen LogP contribution in [0.1, 0.15) is 20.8 Å². The SMILES string of the molecule is Cn1cc(-c2ccc3nnc(Sc4ccc5ncc(N6CCN(C(=O)OC(C)(C)C)CC6)cc5c4)n3c2)cn1. The molecule has 0 spiro atoms. The van der Waals surface area contributed by atoms with Crippen molar-refractivity contribution in [2.75, 3.05) is 31.1 Å². The molecule has 1 saturated heterocycles. The zero-order valence-electron chi connectivity index (χ0n) is 22.4. The molecule has 1 fully saturated rings. The number of ether oxygens (including phenoxy) is 1.